The molecule has 1 aromatic carbocycles. The highest BCUT2D eigenvalue weighted by Crippen LogP contribution is 2.30. The summed E-state index contributed by atoms with van der Waals surface area (Å²) in [4.78, 5) is 0. The van der Waals surface area contributed by atoms with E-state index in [1.54, 1.807) is 0 Å². The van der Waals surface area contributed by atoms with Crippen LogP contribution in [0.2, 0.25) is 0 Å². The van der Waals surface area contributed by atoms with Gasteiger partial charge in [-0.2, -0.15) is 0 Å². The van der Waals surface area contributed by atoms with Gasteiger partial charge >= 0.3 is 0 Å². The third-order valence-corrected chi connectivity index (χ3v) is 5.37. The number of ether oxygens (including phenoxy) is 3. The zero-order chi connectivity index (χ0) is 21.2. The first-order valence-corrected chi connectivity index (χ1v) is 10.5. The monoisotopic (exact) mass is 408 g/mol. The molecule has 0 aromatic heterocycles. The van der Waals surface area contributed by atoms with E-state index in [1.807, 2.05) is 0 Å². The summed E-state index contributed by atoms with van der Waals surface area (Å²) in [5.74, 6) is -1.98. The zero-order valence-electron chi connectivity index (χ0n) is 18.1. The molecule has 0 saturated carbocycles. The molecule has 1 aliphatic heterocycles. The van der Waals surface area contributed by atoms with Gasteiger partial charge in [-0.05, 0) is 56.2 Å². The smallest absolute Gasteiger partial charge is 0.196 e. The van der Waals surface area contributed by atoms with Gasteiger partial charge in [0.15, 0.2) is 11.7 Å². The predicted molar refractivity (Wildman–Crippen MR) is 112 cm³/mol. The van der Waals surface area contributed by atoms with Crippen molar-refractivity contribution < 1.29 is 23.0 Å². The number of hydrogen-bond acceptors (Lipinski definition) is 3. The van der Waals surface area contributed by atoms with Crippen molar-refractivity contribution in [3.05, 3.63) is 58.4 Å². The number of rotatable bonds is 10. The van der Waals surface area contributed by atoms with Crippen LogP contribution < -0.4 is 0 Å². The standard InChI is InChI=1S/C24H34F2O3/c1-5-6-7-8-19-9-11-20(12-10-19)22-14-13-21(16-29-22)28-15-17(2)23(25)24(26)18(3)27-4/h9-12,21-22H,5-8,13-16H2,1-4H3/b23-17-,24-18-. The van der Waals surface area contributed by atoms with E-state index in [9.17, 15) is 8.78 Å². The molecule has 2 atom stereocenters. The molecule has 0 aliphatic carbocycles. The van der Waals surface area contributed by atoms with Crippen LogP contribution in [0.25, 0.3) is 0 Å². The van der Waals surface area contributed by atoms with Crippen LogP contribution in [-0.4, -0.2) is 26.4 Å². The fourth-order valence-corrected chi connectivity index (χ4v) is 3.34. The van der Waals surface area contributed by atoms with Gasteiger partial charge in [-0.3, -0.25) is 0 Å². The fourth-order valence-electron chi connectivity index (χ4n) is 3.34. The Balaban J connectivity index is 1.80. The summed E-state index contributed by atoms with van der Waals surface area (Å²) in [7, 11) is 1.31. The van der Waals surface area contributed by atoms with E-state index in [-0.39, 0.29) is 30.1 Å². The van der Waals surface area contributed by atoms with Gasteiger partial charge < -0.3 is 14.2 Å². The Morgan fingerprint density at radius 2 is 1.79 bits per heavy atom. The minimum atomic E-state index is -0.980. The van der Waals surface area contributed by atoms with Crippen molar-refractivity contribution in [2.24, 2.45) is 0 Å². The zero-order valence-corrected chi connectivity index (χ0v) is 18.1. The third kappa shape index (κ3) is 7.23. The Morgan fingerprint density at radius 3 is 2.38 bits per heavy atom. The number of allylic oxidation sites excluding steroid dienone is 3. The topological polar surface area (TPSA) is 27.7 Å². The highest BCUT2D eigenvalue weighted by Gasteiger charge is 2.24. The van der Waals surface area contributed by atoms with Crippen LogP contribution in [0, 0.1) is 0 Å². The first-order chi connectivity index (χ1) is 14.0. The second-order valence-electron chi connectivity index (χ2n) is 7.70. The molecule has 0 radical (unpaired) electrons. The number of unbranched alkanes of at least 4 members (excludes halogenated alkanes) is 2. The van der Waals surface area contributed by atoms with Crippen molar-refractivity contribution in [3.8, 4) is 0 Å². The molecule has 0 amide bonds. The maximum absolute atomic E-state index is 14.1. The third-order valence-electron chi connectivity index (χ3n) is 5.37. The normalized spacial score (nSPS) is 21.4. The van der Waals surface area contributed by atoms with Crippen molar-refractivity contribution in [3.63, 3.8) is 0 Å². The number of benzene rings is 1. The van der Waals surface area contributed by atoms with Crippen molar-refractivity contribution in [2.75, 3.05) is 20.3 Å². The lowest BCUT2D eigenvalue weighted by Gasteiger charge is -2.29. The Labute approximate surface area is 173 Å². The van der Waals surface area contributed by atoms with Gasteiger partial charge in [0, 0.05) is 0 Å². The maximum atomic E-state index is 14.1. The van der Waals surface area contributed by atoms with E-state index in [0.29, 0.717) is 6.61 Å². The van der Waals surface area contributed by atoms with Crippen LogP contribution >= 0.6 is 0 Å². The highest BCUT2D eigenvalue weighted by molar-refractivity contribution is 5.26. The van der Waals surface area contributed by atoms with Crippen molar-refractivity contribution in [2.45, 2.75) is 71.5 Å². The van der Waals surface area contributed by atoms with Crippen LogP contribution in [0.3, 0.4) is 0 Å². The average Bonchev–Trinajstić information content (AvgIpc) is 2.77. The largest absolute Gasteiger partial charge is 0.498 e. The predicted octanol–water partition coefficient (Wildman–Crippen LogP) is 6.75. The highest BCUT2D eigenvalue weighted by atomic mass is 19.2. The molecule has 2 rings (SSSR count). The lowest BCUT2D eigenvalue weighted by molar-refractivity contribution is -0.0821. The van der Waals surface area contributed by atoms with E-state index in [2.05, 4.69) is 31.2 Å². The molecule has 3 nitrogen and oxygen atoms in total. The fraction of sp³-hybridized carbons (Fsp3) is 0.583. The lowest BCUT2D eigenvalue weighted by atomic mass is 9.98. The minimum Gasteiger partial charge on any atom is -0.498 e. The molecule has 0 N–H and O–H groups in total. The van der Waals surface area contributed by atoms with E-state index in [0.717, 1.165) is 19.3 Å². The summed E-state index contributed by atoms with van der Waals surface area (Å²) in [5, 5.41) is 0. The molecule has 1 aliphatic rings. The molecule has 0 bridgehead atoms. The van der Waals surface area contributed by atoms with Crippen LogP contribution in [0.1, 0.15) is 70.1 Å². The number of hydrogen-bond donors (Lipinski definition) is 0. The maximum Gasteiger partial charge on any atom is 0.196 e. The summed E-state index contributed by atoms with van der Waals surface area (Å²) in [6.07, 6.45) is 6.48. The average molecular weight is 409 g/mol. The second kappa shape index (κ2) is 12.1. The molecule has 1 fully saturated rings. The number of methoxy groups -OCH3 is 1. The Morgan fingerprint density at radius 1 is 1.07 bits per heavy atom. The van der Waals surface area contributed by atoms with E-state index in [1.165, 1.54) is 51.3 Å². The Hall–Kier alpha value is -1.72. The SMILES string of the molecule is CCCCCc1ccc(C2CCC(OC/C(C)=C(F)/C(F)=C(\C)OC)CO2)cc1. The number of halogens is 2. The summed E-state index contributed by atoms with van der Waals surface area (Å²) < 4.78 is 44.3. The minimum absolute atomic E-state index is 0.0292. The van der Waals surface area contributed by atoms with Crippen molar-refractivity contribution in [1.82, 2.24) is 0 Å². The van der Waals surface area contributed by atoms with Crippen LogP contribution in [0.5, 0.6) is 0 Å². The summed E-state index contributed by atoms with van der Waals surface area (Å²) >= 11 is 0. The van der Waals surface area contributed by atoms with Gasteiger partial charge in [0.1, 0.15) is 5.76 Å². The summed E-state index contributed by atoms with van der Waals surface area (Å²) in [5.41, 5.74) is 2.76. The molecule has 1 saturated heterocycles. The van der Waals surface area contributed by atoms with Gasteiger partial charge in [0.2, 0.25) is 0 Å². The van der Waals surface area contributed by atoms with Gasteiger partial charge in [0.25, 0.3) is 0 Å². The van der Waals surface area contributed by atoms with E-state index in [4.69, 9.17) is 14.2 Å². The lowest BCUT2D eigenvalue weighted by Crippen LogP contribution is -2.28. The van der Waals surface area contributed by atoms with Gasteiger partial charge in [-0.25, -0.2) is 8.78 Å². The quantitative estimate of drug-likeness (QED) is 0.244. The molecule has 1 heterocycles. The van der Waals surface area contributed by atoms with Crippen LogP contribution in [0.15, 0.2) is 47.3 Å². The first-order valence-electron chi connectivity index (χ1n) is 10.5. The molecule has 162 valence electrons. The number of aryl methyl sites for hydroxylation is 1. The Bertz CT molecular complexity index is 687. The Kier molecular flexibility index (Phi) is 9.82. The second-order valence-corrected chi connectivity index (χ2v) is 7.70. The summed E-state index contributed by atoms with van der Waals surface area (Å²) in [6, 6.07) is 8.70. The van der Waals surface area contributed by atoms with Gasteiger partial charge in [-0.1, -0.05) is 44.0 Å². The van der Waals surface area contributed by atoms with E-state index >= 15 is 0 Å². The molecule has 1 aromatic rings. The van der Waals surface area contributed by atoms with Crippen molar-refractivity contribution in [1.29, 1.82) is 0 Å². The van der Waals surface area contributed by atoms with Crippen LogP contribution in [-0.2, 0) is 20.6 Å². The van der Waals surface area contributed by atoms with E-state index < -0.39 is 11.7 Å². The molecule has 5 heteroatoms. The summed E-state index contributed by atoms with van der Waals surface area (Å²) in [6.45, 7) is 5.60. The van der Waals surface area contributed by atoms with Gasteiger partial charge in [-0.15, -0.1) is 0 Å². The van der Waals surface area contributed by atoms with Gasteiger partial charge in [0.05, 0.1) is 32.5 Å². The van der Waals surface area contributed by atoms with Crippen molar-refractivity contribution >= 4 is 0 Å². The molecule has 29 heavy (non-hydrogen) atoms. The van der Waals surface area contributed by atoms with Crippen LogP contribution in [0.4, 0.5) is 8.78 Å². The molecular weight excluding hydrogens is 374 g/mol. The molecular formula is C24H34F2O3. The molecule has 0 spiro atoms. The molecule has 2 unspecified atom stereocenters. The first kappa shape index (κ1) is 23.6.